The van der Waals surface area contributed by atoms with E-state index in [-0.39, 0.29) is 17.7 Å². The second kappa shape index (κ2) is 11.4. The van der Waals surface area contributed by atoms with Crippen molar-refractivity contribution in [2.24, 2.45) is 0 Å². The molecule has 2 aromatic rings. The summed E-state index contributed by atoms with van der Waals surface area (Å²) in [5.41, 5.74) is 0.375. The Morgan fingerprint density at radius 1 is 0.949 bits per heavy atom. The van der Waals surface area contributed by atoms with E-state index in [0.29, 0.717) is 30.7 Å². The number of carbonyl (C=O) groups is 3. The van der Waals surface area contributed by atoms with Crippen LogP contribution in [0.4, 0.5) is 0 Å². The van der Waals surface area contributed by atoms with Gasteiger partial charge in [0.2, 0.25) is 11.8 Å². The maximum atomic E-state index is 13.7. The Morgan fingerprint density at radius 2 is 1.56 bits per heavy atom. The minimum absolute atomic E-state index is 0.0598. The van der Waals surface area contributed by atoms with Crippen LogP contribution in [0.5, 0.6) is 11.5 Å². The van der Waals surface area contributed by atoms with Gasteiger partial charge in [-0.3, -0.25) is 19.3 Å². The minimum atomic E-state index is -0.721. The van der Waals surface area contributed by atoms with E-state index in [2.05, 4.69) is 34.6 Å². The van der Waals surface area contributed by atoms with Crippen molar-refractivity contribution >= 4 is 17.7 Å². The molecule has 2 saturated heterocycles. The molecule has 0 unspecified atom stereocenters. The van der Waals surface area contributed by atoms with Crippen molar-refractivity contribution < 1.29 is 19.1 Å². The van der Waals surface area contributed by atoms with Crippen LogP contribution >= 0.6 is 0 Å². The van der Waals surface area contributed by atoms with Gasteiger partial charge in [0.1, 0.15) is 22.6 Å². The fraction of sp³-hybridized carbons (Fsp3) is 0.516. The Balaban J connectivity index is 1.20. The Bertz CT molecular complexity index is 1180. The van der Waals surface area contributed by atoms with Crippen LogP contribution in [0.25, 0.3) is 0 Å². The van der Waals surface area contributed by atoms with Crippen LogP contribution in [0.15, 0.2) is 48.5 Å². The summed E-state index contributed by atoms with van der Waals surface area (Å²) < 4.78 is 5.95. The maximum absolute atomic E-state index is 13.7. The van der Waals surface area contributed by atoms with Gasteiger partial charge in [0, 0.05) is 38.8 Å². The molecule has 3 fully saturated rings. The molecule has 8 heteroatoms. The predicted octanol–water partition coefficient (Wildman–Crippen LogP) is 4.24. The number of nitrogens with zero attached hydrogens (tertiary/aromatic N) is 2. The molecule has 2 spiro atoms. The third-order valence-electron chi connectivity index (χ3n) is 8.73. The number of ether oxygens (including phenoxy) is 1. The summed E-state index contributed by atoms with van der Waals surface area (Å²) >= 11 is 0. The molecule has 2 N–H and O–H groups in total. The molecule has 0 atom stereocenters. The quantitative estimate of drug-likeness (QED) is 0.531. The summed E-state index contributed by atoms with van der Waals surface area (Å²) in [6.07, 6.45) is 6.79. The predicted molar refractivity (Wildman–Crippen MR) is 150 cm³/mol. The van der Waals surface area contributed by atoms with E-state index in [1.165, 1.54) is 5.56 Å². The van der Waals surface area contributed by atoms with Crippen molar-refractivity contribution in [1.29, 1.82) is 0 Å². The molecule has 0 aromatic heterocycles. The van der Waals surface area contributed by atoms with Gasteiger partial charge in [-0.25, -0.2) is 0 Å². The van der Waals surface area contributed by atoms with Crippen LogP contribution in [0.3, 0.4) is 0 Å². The van der Waals surface area contributed by atoms with Gasteiger partial charge in [-0.05, 0) is 74.1 Å². The average Bonchev–Trinajstić information content (AvgIpc) is 3.43. The number of unbranched alkanes of at least 4 members (excludes halogenated alkanes) is 1. The highest BCUT2D eigenvalue weighted by molar-refractivity contribution is 6.02. The molecule has 208 valence electrons. The summed E-state index contributed by atoms with van der Waals surface area (Å²) in [4.78, 5) is 43.4. The Morgan fingerprint density at radius 3 is 2.15 bits per heavy atom. The molecule has 2 aromatic carbocycles. The lowest BCUT2D eigenvalue weighted by atomic mass is 9.78. The summed E-state index contributed by atoms with van der Waals surface area (Å²) in [7, 11) is 1.61. The molecule has 8 nitrogen and oxygen atoms in total. The number of piperazine rings is 1. The number of amides is 3. The highest BCUT2D eigenvalue weighted by Crippen LogP contribution is 2.41. The molecule has 3 amide bonds. The van der Waals surface area contributed by atoms with Crippen molar-refractivity contribution in [3.8, 4) is 11.5 Å². The van der Waals surface area contributed by atoms with Gasteiger partial charge in [0.15, 0.2) is 0 Å². The molecule has 39 heavy (non-hydrogen) atoms. The molecular formula is C31H40N4O4. The maximum Gasteiger partial charge on any atom is 0.251 e. The van der Waals surface area contributed by atoms with E-state index in [9.17, 15) is 14.4 Å². The third kappa shape index (κ3) is 5.39. The highest BCUT2D eigenvalue weighted by atomic mass is 16.5. The first-order valence-electron chi connectivity index (χ1n) is 14.4. The minimum Gasteiger partial charge on any atom is -0.457 e. The molecule has 0 bridgehead atoms. The average molecular weight is 533 g/mol. The van der Waals surface area contributed by atoms with Crippen LogP contribution in [0.1, 0.15) is 74.2 Å². The molecule has 1 aliphatic carbocycles. The van der Waals surface area contributed by atoms with E-state index < -0.39 is 11.1 Å². The van der Waals surface area contributed by atoms with Crippen molar-refractivity contribution in [2.45, 2.75) is 75.9 Å². The van der Waals surface area contributed by atoms with Gasteiger partial charge >= 0.3 is 0 Å². The first kappa shape index (κ1) is 27.2. The number of piperidine rings is 1. The molecule has 3 aliphatic rings. The highest BCUT2D eigenvalue weighted by Gasteiger charge is 2.59. The molecule has 0 radical (unpaired) electrons. The third-order valence-corrected chi connectivity index (χ3v) is 8.73. The Hall–Kier alpha value is -3.39. The van der Waals surface area contributed by atoms with Crippen LogP contribution in [-0.2, 0) is 16.1 Å². The lowest BCUT2D eigenvalue weighted by Gasteiger charge is -2.54. The van der Waals surface area contributed by atoms with Crippen molar-refractivity contribution in [3.05, 3.63) is 59.7 Å². The van der Waals surface area contributed by atoms with Crippen molar-refractivity contribution in [1.82, 2.24) is 20.4 Å². The van der Waals surface area contributed by atoms with Gasteiger partial charge in [-0.2, -0.15) is 0 Å². The first-order chi connectivity index (χ1) is 18.9. The van der Waals surface area contributed by atoms with Crippen molar-refractivity contribution in [3.63, 3.8) is 0 Å². The second-order valence-electron chi connectivity index (χ2n) is 11.2. The normalized spacial score (nSPS) is 20.3. The fourth-order valence-electron chi connectivity index (χ4n) is 6.37. The van der Waals surface area contributed by atoms with E-state index in [1.807, 2.05) is 17.0 Å². The van der Waals surface area contributed by atoms with E-state index in [0.717, 1.165) is 63.9 Å². The molecule has 2 heterocycles. The molecule has 1 saturated carbocycles. The van der Waals surface area contributed by atoms with E-state index in [1.54, 1.807) is 31.3 Å². The second-order valence-corrected chi connectivity index (χ2v) is 11.2. The summed E-state index contributed by atoms with van der Waals surface area (Å²) in [5, 5.41) is 5.84. The lowest BCUT2D eigenvalue weighted by molar-refractivity contribution is -0.167. The van der Waals surface area contributed by atoms with Gasteiger partial charge in [-0.1, -0.05) is 38.3 Å². The number of benzene rings is 2. The zero-order valence-corrected chi connectivity index (χ0v) is 23.1. The largest absolute Gasteiger partial charge is 0.457 e. The fourth-order valence-corrected chi connectivity index (χ4v) is 6.37. The van der Waals surface area contributed by atoms with Gasteiger partial charge < -0.3 is 20.3 Å². The Labute approximate surface area is 231 Å². The summed E-state index contributed by atoms with van der Waals surface area (Å²) in [6, 6.07) is 15.1. The smallest absolute Gasteiger partial charge is 0.251 e. The number of hydrogen-bond donors (Lipinski definition) is 2. The number of rotatable bonds is 8. The van der Waals surface area contributed by atoms with Crippen LogP contribution in [-0.4, -0.2) is 65.3 Å². The topological polar surface area (TPSA) is 91.0 Å². The monoisotopic (exact) mass is 532 g/mol. The van der Waals surface area contributed by atoms with Gasteiger partial charge in [-0.15, -0.1) is 0 Å². The standard InChI is InChI=1S/C31H40N4O4/c1-3-4-19-35-29(38)30(15-5-6-16-30)33-28(37)31(35)17-20-34(21-18-31)22-23-7-11-25(12-8-23)39-26-13-9-24(10-14-26)27(36)32-2/h7-14H,3-6,15-22H2,1-2H3,(H,32,36)(H,33,37). The number of hydrogen-bond acceptors (Lipinski definition) is 5. The summed E-state index contributed by atoms with van der Waals surface area (Å²) in [5.74, 6) is 1.49. The van der Waals surface area contributed by atoms with Crippen LogP contribution < -0.4 is 15.4 Å². The van der Waals surface area contributed by atoms with E-state index >= 15 is 0 Å². The van der Waals surface area contributed by atoms with E-state index in [4.69, 9.17) is 4.74 Å². The van der Waals surface area contributed by atoms with Gasteiger partial charge in [0.25, 0.3) is 5.91 Å². The first-order valence-corrected chi connectivity index (χ1v) is 14.4. The van der Waals surface area contributed by atoms with Crippen LogP contribution in [0.2, 0.25) is 0 Å². The van der Waals surface area contributed by atoms with Crippen LogP contribution in [0, 0.1) is 0 Å². The molecule has 5 rings (SSSR count). The number of likely N-dealkylation sites (tertiary alicyclic amines) is 1. The molecule has 2 aliphatic heterocycles. The van der Waals surface area contributed by atoms with Crippen molar-refractivity contribution in [2.75, 3.05) is 26.7 Å². The SMILES string of the molecule is CCCCN1C(=O)C2(CCCC2)NC(=O)C12CCN(Cc1ccc(Oc3ccc(C(=O)NC)cc3)cc1)CC2. The number of nitrogens with one attached hydrogen (secondary N) is 2. The number of carbonyl (C=O) groups excluding carboxylic acids is 3. The summed E-state index contributed by atoms with van der Waals surface area (Å²) in [6.45, 7) is 5.12. The van der Waals surface area contributed by atoms with Gasteiger partial charge in [0.05, 0.1) is 0 Å². The zero-order valence-electron chi connectivity index (χ0n) is 23.1. The Kier molecular flexibility index (Phi) is 7.93. The lowest BCUT2D eigenvalue weighted by Crippen LogP contribution is -2.76. The zero-order chi connectivity index (χ0) is 27.5. The molecular weight excluding hydrogens is 492 g/mol.